The summed E-state index contributed by atoms with van der Waals surface area (Å²) in [5, 5.41) is 20.1. The number of allylic oxidation sites excluding steroid dienone is 1. The van der Waals surface area contributed by atoms with Crippen LogP contribution in [0.25, 0.3) is 5.57 Å². The van der Waals surface area contributed by atoms with Gasteiger partial charge in [0.15, 0.2) is 0 Å². The van der Waals surface area contributed by atoms with Crippen molar-refractivity contribution >= 4 is 74.3 Å². The average Bonchev–Trinajstić information content (AvgIpc) is 3.63. The molecule has 372 valence electrons. The molecule has 3 aliphatic heterocycles. The first-order valence-electron chi connectivity index (χ1n) is 24.4. The quantitative estimate of drug-likeness (QED) is 0.0497. The Bertz CT molecular complexity index is 2460. The van der Waals surface area contributed by atoms with Crippen molar-refractivity contribution in [1.29, 1.82) is 0 Å². The van der Waals surface area contributed by atoms with Crippen molar-refractivity contribution in [3.05, 3.63) is 129 Å². The Balaban J connectivity index is 0.00000703. The maximum atomic E-state index is 13.6. The normalized spacial score (nSPS) is 20.4. The third-order valence-electron chi connectivity index (χ3n) is 14.1. The van der Waals surface area contributed by atoms with E-state index in [-0.39, 0.29) is 45.7 Å². The standard InChI is InChI=1S/C52H67ClN8O5S2.ClH/c1-52(39-59-29-24-54-25-30-59)23-21-48(40-11-15-43(53)16-12-40)42(36-52)37-58-31-33-60(34-32-58)45-17-13-41(14-18-45)51(62)56-68(65,66)47-19-20-49(50(35-47)61(63)64)55-44(38-67-46-9-5-4-6-10-46)22-28-57-26-7-2-3-8-27-57;/h4-6,9-20,35,44,54-55H,2-3,7-8,21-34,36-39H2,1H3,(H,56,62);1H. The molecule has 4 aliphatic rings. The molecule has 0 bridgehead atoms. The minimum Gasteiger partial charge on any atom is -0.376 e. The number of benzene rings is 4. The van der Waals surface area contributed by atoms with Crippen LogP contribution in [0.1, 0.15) is 74.2 Å². The lowest BCUT2D eigenvalue weighted by Crippen LogP contribution is -2.49. The number of likely N-dealkylation sites (tertiary alicyclic amines) is 1. The first-order valence-corrected chi connectivity index (χ1v) is 27.2. The summed E-state index contributed by atoms with van der Waals surface area (Å²) in [5.74, 6) is -0.137. The average molecular weight is 1020 g/mol. The number of carbonyl (C=O) groups is 1. The van der Waals surface area contributed by atoms with Crippen molar-refractivity contribution in [2.24, 2.45) is 5.41 Å². The van der Waals surface area contributed by atoms with Crippen molar-refractivity contribution in [1.82, 2.24) is 24.7 Å². The number of halogens is 2. The van der Waals surface area contributed by atoms with Gasteiger partial charge in [-0.1, -0.05) is 67.3 Å². The van der Waals surface area contributed by atoms with E-state index >= 15 is 0 Å². The second kappa shape index (κ2) is 24.8. The number of amides is 1. The first kappa shape index (κ1) is 52.6. The first-order chi connectivity index (χ1) is 32.9. The smallest absolute Gasteiger partial charge is 0.293 e. The van der Waals surface area contributed by atoms with E-state index in [4.69, 9.17) is 11.6 Å². The van der Waals surface area contributed by atoms with E-state index in [9.17, 15) is 23.3 Å². The highest BCUT2D eigenvalue weighted by Gasteiger charge is 2.35. The number of nitrogens with zero attached hydrogens (tertiary/aromatic N) is 5. The lowest BCUT2D eigenvalue weighted by atomic mass is 9.71. The van der Waals surface area contributed by atoms with Crippen LogP contribution < -0.4 is 20.3 Å². The number of sulfonamides is 1. The molecule has 3 N–H and O–H groups in total. The lowest BCUT2D eigenvalue weighted by Gasteiger charge is -2.43. The minimum atomic E-state index is -4.44. The number of hydrogen-bond acceptors (Lipinski definition) is 12. The molecular formula is C52H68Cl2N8O5S2. The van der Waals surface area contributed by atoms with Gasteiger partial charge in [-0.25, -0.2) is 13.1 Å². The van der Waals surface area contributed by atoms with Gasteiger partial charge in [0.1, 0.15) is 5.69 Å². The second-order valence-electron chi connectivity index (χ2n) is 19.3. The number of thioether (sulfide) groups is 1. The van der Waals surface area contributed by atoms with E-state index in [1.165, 1.54) is 54.5 Å². The van der Waals surface area contributed by atoms with Crippen molar-refractivity contribution in [2.75, 3.05) is 101 Å². The molecule has 0 spiro atoms. The minimum absolute atomic E-state index is 0. The third-order valence-corrected chi connectivity index (χ3v) is 16.8. The summed E-state index contributed by atoms with van der Waals surface area (Å²) in [7, 11) is -4.44. The van der Waals surface area contributed by atoms with E-state index < -0.39 is 20.9 Å². The van der Waals surface area contributed by atoms with Gasteiger partial charge < -0.3 is 25.3 Å². The third kappa shape index (κ3) is 14.7. The Kier molecular flexibility index (Phi) is 18.9. The summed E-state index contributed by atoms with van der Waals surface area (Å²) in [6.07, 6.45) is 8.87. The van der Waals surface area contributed by atoms with Crippen LogP contribution in [0, 0.1) is 15.5 Å². The zero-order valence-electron chi connectivity index (χ0n) is 39.8. The van der Waals surface area contributed by atoms with Crippen molar-refractivity contribution in [2.45, 2.75) is 74.1 Å². The van der Waals surface area contributed by atoms with Gasteiger partial charge in [0, 0.05) is 111 Å². The second-order valence-corrected chi connectivity index (χ2v) is 22.5. The van der Waals surface area contributed by atoms with Gasteiger partial charge in [0.2, 0.25) is 0 Å². The Hall–Kier alpha value is -4.19. The van der Waals surface area contributed by atoms with Crippen LogP contribution in [-0.4, -0.2) is 131 Å². The molecule has 3 saturated heterocycles. The number of nitrogens with one attached hydrogen (secondary N) is 3. The summed E-state index contributed by atoms with van der Waals surface area (Å²) in [5.41, 5.74) is 5.47. The molecule has 3 fully saturated rings. The summed E-state index contributed by atoms with van der Waals surface area (Å²) >= 11 is 7.98. The molecule has 4 aromatic carbocycles. The molecule has 2 unspecified atom stereocenters. The van der Waals surface area contributed by atoms with Gasteiger partial charge in [-0.05, 0) is 129 Å². The number of rotatable bonds is 18. The molecule has 0 radical (unpaired) electrons. The molecule has 8 rings (SSSR count). The van der Waals surface area contributed by atoms with Gasteiger partial charge in [-0.15, -0.1) is 24.2 Å². The molecular weight excluding hydrogens is 952 g/mol. The van der Waals surface area contributed by atoms with E-state index in [0.29, 0.717) is 5.75 Å². The van der Waals surface area contributed by atoms with Crippen LogP contribution >= 0.6 is 35.8 Å². The Morgan fingerprint density at radius 1 is 0.855 bits per heavy atom. The predicted molar refractivity (Wildman–Crippen MR) is 284 cm³/mol. The molecule has 13 nitrogen and oxygen atoms in total. The highest BCUT2D eigenvalue weighted by Crippen LogP contribution is 2.44. The van der Waals surface area contributed by atoms with Gasteiger partial charge in [-0.3, -0.25) is 19.8 Å². The number of piperazine rings is 2. The number of anilines is 2. The number of carbonyl (C=O) groups excluding carboxylic acids is 1. The summed E-state index contributed by atoms with van der Waals surface area (Å²) < 4.78 is 29.4. The highest BCUT2D eigenvalue weighted by atomic mass is 35.5. The van der Waals surface area contributed by atoms with Gasteiger partial charge in [0.25, 0.3) is 21.6 Å². The zero-order chi connectivity index (χ0) is 47.5. The number of nitro benzene ring substituents is 1. The summed E-state index contributed by atoms with van der Waals surface area (Å²) in [6, 6.07) is 29.0. The number of nitro groups is 1. The molecule has 69 heavy (non-hydrogen) atoms. The molecule has 0 aromatic heterocycles. The Morgan fingerprint density at radius 2 is 1.55 bits per heavy atom. The van der Waals surface area contributed by atoms with Crippen molar-refractivity contribution < 1.29 is 18.1 Å². The summed E-state index contributed by atoms with van der Waals surface area (Å²) in [6.45, 7) is 15.2. The topological polar surface area (TPSA) is 143 Å². The number of hydrogen-bond donors (Lipinski definition) is 3. The fourth-order valence-corrected chi connectivity index (χ4v) is 12.4. The molecule has 2 atom stereocenters. The van der Waals surface area contributed by atoms with Crippen LogP contribution in [0.5, 0.6) is 0 Å². The maximum Gasteiger partial charge on any atom is 0.293 e. The maximum absolute atomic E-state index is 13.6. The molecule has 4 aromatic rings. The molecule has 1 amide bonds. The molecule has 3 heterocycles. The fraction of sp³-hybridized carbons (Fsp3) is 0.481. The van der Waals surface area contributed by atoms with Gasteiger partial charge in [-0.2, -0.15) is 0 Å². The molecule has 17 heteroatoms. The van der Waals surface area contributed by atoms with Crippen molar-refractivity contribution in [3.63, 3.8) is 0 Å². The van der Waals surface area contributed by atoms with E-state index in [1.807, 2.05) is 54.6 Å². The van der Waals surface area contributed by atoms with Crippen LogP contribution in [0.15, 0.2) is 112 Å². The lowest BCUT2D eigenvalue weighted by molar-refractivity contribution is -0.384. The molecule has 0 saturated carbocycles. The SMILES string of the molecule is CC1(CN2CCNCC2)CCC(c2ccc(Cl)cc2)=C(CN2CCN(c3ccc(C(=O)NS(=O)(=O)c4ccc(NC(CCN5CCCCCC5)CSc5ccccc5)c([N+](=O)[O-])c4)cc3)CC2)C1.Cl. The highest BCUT2D eigenvalue weighted by molar-refractivity contribution is 7.99. The van der Waals surface area contributed by atoms with Gasteiger partial charge in [0.05, 0.1) is 9.82 Å². The van der Waals surface area contributed by atoms with E-state index in [1.54, 1.807) is 23.9 Å². The van der Waals surface area contributed by atoms with E-state index in [0.717, 1.165) is 132 Å². The van der Waals surface area contributed by atoms with Crippen LogP contribution in [0.4, 0.5) is 17.1 Å². The van der Waals surface area contributed by atoms with Crippen molar-refractivity contribution in [3.8, 4) is 0 Å². The van der Waals surface area contributed by atoms with Crippen LogP contribution in [0.2, 0.25) is 5.02 Å². The molecule has 1 aliphatic carbocycles. The monoisotopic (exact) mass is 1020 g/mol. The summed E-state index contributed by atoms with van der Waals surface area (Å²) in [4.78, 5) is 36.0. The van der Waals surface area contributed by atoms with Gasteiger partial charge >= 0.3 is 0 Å². The predicted octanol–water partition coefficient (Wildman–Crippen LogP) is 9.30. The Morgan fingerprint density at radius 3 is 2.23 bits per heavy atom. The van der Waals surface area contributed by atoms with Crippen LogP contribution in [0.3, 0.4) is 0 Å². The van der Waals surface area contributed by atoms with E-state index in [2.05, 4.69) is 54.0 Å². The zero-order valence-corrected chi connectivity index (χ0v) is 43.0. The largest absolute Gasteiger partial charge is 0.376 e. The van der Waals surface area contributed by atoms with Crippen LogP contribution in [-0.2, 0) is 10.0 Å². The Labute approximate surface area is 424 Å². The fourth-order valence-electron chi connectivity index (χ4n) is 10.3.